The van der Waals surface area contributed by atoms with Crippen molar-refractivity contribution in [2.75, 3.05) is 0 Å². The number of carbonyl (C=O) groups excluding carboxylic acids is 1. The van der Waals surface area contributed by atoms with E-state index < -0.39 is 0 Å². The van der Waals surface area contributed by atoms with Crippen LogP contribution >= 0.6 is 0 Å². The second-order valence-corrected chi connectivity index (χ2v) is 11.0. The van der Waals surface area contributed by atoms with Gasteiger partial charge in [0.15, 0.2) is 0 Å². The Kier molecular flexibility index (Phi) is 7.26. The molecule has 0 aromatic heterocycles. The lowest BCUT2D eigenvalue weighted by Gasteiger charge is -2.50. The van der Waals surface area contributed by atoms with E-state index in [0.717, 1.165) is 42.4 Å². The summed E-state index contributed by atoms with van der Waals surface area (Å²) in [5.41, 5.74) is 2.06. The van der Waals surface area contributed by atoms with Gasteiger partial charge in [0.05, 0.1) is 0 Å². The van der Waals surface area contributed by atoms with Crippen LogP contribution in [0, 0.1) is 40.9 Å². The molecule has 0 unspecified atom stereocenters. The van der Waals surface area contributed by atoms with Gasteiger partial charge in [-0.25, -0.2) is 0 Å². The van der Waals surface area contributed by atoms with Gasteiger partial charge in [0.2, 0.25) is 0 Å². The van der Waals surface area contributed by atoms with E-state index in [9.17, 15) is 4.79 Å². The smallest absolute Gasteiger partial charge is 0.136 e. The molecule has 3 rings (SSSR count). The van der Waals surface area contributed by atoms with E-state index in [-0.39, 0.29) is 0 Å². The van der Waals surface area contributed by atoms with E-state index in [0.29, 0.717) is 23.5 Å². The average Bonchev–Trinajstić information content (AvgIpc) is 2.99. The van der Waals surface area contributed by atoms with Gasteiger partial charge >= 0.3 is 0 Å². The van der Waals surface area contributed by atoms with Crippen molar-refractivity contribution in [1.82, 2.24) is 0 Å². The van der Waals surface area contributed by atoms with Crippen LogP contribution in [0.5, 0.6) is 0 Å². The number of carbonyl (C=O) groups is 1. The van der Waals surface area contributed by atoms with Gasteiger partial charge in [-0.2, -0.15) is 0 Å². The molecule has 0 spiro atoms. The fraction of sp³-hybridized carbons (Fsp3) is 0.815. The van der Waals surface area contributed by atoms with E-state index >= 15 is 0 Å². The number of fused-ring (bicyclic) bond motifs is 3. The molecule has 0 amide bonds. The molecule has 0 N–H and O–H groups in total. The Morgan fingerprint density at radius 3 is 2.64 bits per heavy atom. The zero-order valence-corrected chi connectivity index (χ0v) is 19.2. The Labute approximate surface area is 174 Å². The number of Topliss-reactive ketones (excluding diaryl/α,β-unsaturated/α-hetero) is 1. The van der Waals surface area contributed by atoms with Crippen LogP contribution in [0.15, 0.2) is 23.8 Å². The van der Waals surface area contributed by atoms with Crippen LogP contribution in [-0.4, -0.2) is 5.78 Å². The molecule has 2 saturated carbocycles. The zero-order valence-electron chi connectivity index (χ0n) is 19.2. The first-order valence-electron chi connectivity index (χ1n) is 12.2. The van der Waals surface area contributed by atoms with Crippen molar-refractivity contribution in [3.8, 4) is 0 Å². The van der Waals surface area contributed by atoms with Crippen LogP contribution in [0.1, 0.15) is 98.8 Å². The predicted molar refractivity (Wildman–Crippen MR) is 120 cm³/mol. The van der Waals surface area contributed by atoms with E-state index in [2.05, 4.69) is 52.8 Å². The molecule has 0 saturated heterocycles. The number of hydrogen-bond donors (Lipinski definition) is 0. The minimum Gasteiger partial charge on any atom is -0.299 e. The quantitative estimate of drug-likeness (QED) is 0.473. The predicted octanol–water partition coefficient (Wildman–Crippen LogP) is 7.76. The first kappa shape index (κ1) is 21.8. The lowest BCUT2D eigenvalue weighted by molar-refractivity contribution is -0.119. The highest BCUT2D eigenvalue weighted by Gasteiger charge is 2.54. The van der Waals surface area contributed by atoms with Crippen LogP contribution in [0.25, 0.3) is 0 Å². The molecule has 0 aromatic rings. The minimum absolute atomic E-state index is 0.437. The largest absolute Gasteiger partial charge is 0.299 e. The van der Waals surface area contributed by atoms with Crippen LogP contribution in [-0.2, 0) is 4.79 Å². The van der Waals surface area contributed by atoms with Crippen LogP contribution in [0.4, 0.5) is 0 Å². The number of rotatable bonds is 5. The zero-order chi connectivity index (χ0) is 20.3. The van der Waals surface area contributed by atoms with Gasteiger partial charge < -0.3 is 0 Å². The summed E-state index contributed by atoms with van der Waals surface area (Å²) in [5.74, 6) is 5.25. The second-order valence-electron chi connectivity index (χ2n) is 11.0. The Balaban J connectivity index is 1.76. The monoisotopic (exact) mass is 384 g/mol. The van der Waals surface area contributed by atoms with Crippen LogP contribution in [0.2, 0.25) is 0 Å². The molecule has 0 heterocycles. The number of ketones is 1. The molecule has 2 fully saturated rings. The Morgan fingerprint density at radius 2 is 1.89 bits per heavy atom. The van der Waals surface area contributed by atoms with Crippen molar-refractivity contribution in [2.45, 2.75) is 98.8 Å². The normalized spacial score (nSPS) is 40.4. The van der Waals surface area contributed by atoms with Gasteiger partial charge in [0.25, 0.3) is 0 Å². The molecule has 1 nitrogen and oxygen atoms in total. The number of allylic oxidation sites excluding steroid dienone is 4. The fourth-order valence-corrected chi connectivity index (χ4v) is 7.25. The lowest BCUT2D eigenvalue weighted by Crippen LogP contribution is -2.43. The third-order valence-corrected chi connectivity index (χ3v) is 8.82. The van der Waals surface area contributed by atoms with Gasteiger partial charge in [0, 0.05) is 12.8 Å². The Bertz CT molecular complexity index is 597. The Hall–Kier alpha value is -0.850. The summed E-state index contributed by atoms with van der Waals surface area (Å²) in [6.45, 7) is 12.2. The molecule has 0 aliphatic heterocycles. The van der Waals surface area contributed by atoms with Gasteiger partial charge in [0.1, 0.15) is 5.78 Å². The third-order valence-electron chi connectivity index (χ3n) is 8.82. The molecule has 158 valence electrons. The van der Waals surface area contributed by atoms with E-state index in [1.807, 2.05) is 0 Å². The fourth-order valence-electron chi connectivity index (χ4n) is 7.25. The standard InChI is InChI=1S/C27H44O/c1-19(2)9-8-11-21(4)25-15-16-26-24-14-13-22(28)12-7-6-10-20(3)23(24)17-18-27(25,26)5/h6-7,10,19,21,23-26H,8-9,11-18H2,1-5H3/b7-6+,20-10-/t21-,23-,24-,25-,26+,27-/m1/s1. The van der Waals surface area contributed by atoms with Gasteiger partial charge in [-0.3, -0.25) is 4.79 Å². The Morgan fingerprint density at radius 1 is 1.11 bits per heavy atom. The van der Waals surface area contributed by atoms with Gasteiger partial charge in [-0.1, -0.05) is 70.8 Å². The van der Waals surface area contributed by atoms with Crippen molar-refractivity contribution >= 4 is 5.78 Å². The molecule has 1 heteroatoms. The molecule has 3 aliphatic carbocycles. The average molecular weight is 385 g/mol. The van der Waals surface area contributed by atoms with Gasteiger partial charge in [-0.05, 0) is 80.0 Å². The molecule has 0 aromatic carbocycles. The van der Waals surface area contributed by atoms with Crippen LogP contribution in [0.3, 0.4) is 0 Å². The molecule has 3 aliphatic rings. The maximum absolute atomic E-state index is 12.3. The molecule has 6 atom stereocenters. The second kappa shape index (κ2) is 9.31. The van der Waals surface area contributed by atoms with E-state index in [1.165, 1.54) is 44.9 Å². The van der Waals surface area contributed by atoms with E-state index in [4.69, 9.17) is 0 Å². The summed E-state index contributed by atoms with van der Waals surface area (Å²) in [7, 11) is 0. The van der Waals surface area contributed by atoms with Gasteiger partial charge in [-0.15, -0.1) is 0 Å². The van der Waals surface area contributed by atoms with Crippen LogP contribution < -0.4 is 0 Å². The lowest BCUT2D eigenvalue weighted by atomic mass is 9.54. The maximum Gasteiger partial charge on any atom is 0.136 e. The van der Waals surface area contributed by atoms with Crippen molar-refractivity contribution in [3.63, 3.8) is 0 Å². The van der Waals surface area contributed by atoms with Crippen molar-refractivity contribution < 1.29 is 4.79 Å². The summed E-state index contributed by atoms with van der Waals surface area (Å²) in [6.07, 6.45) is 18.8. The van der Waals surface area contributed by atoms with E-state index in [1.54, 1.807) is 5.57 Å². The minimum atomic E-state index is 0.437. The topological polar surface area (TPSA) is 17.1 Å². The molecular weight excluding hydrogens is 340 g/mol. The molecular formula is C27H44O. The highest BCUT2D eigenvalue weighted by molar-refractivity contribution is 5.79. The summed E-state index contributed by atoms with van der Waals surface area (Å²) >= 11 is 0. The molecule has 0 bridgehead atoms. The maximum atomic E-state index is 12.3. The van der Waals surface area contributed by atoms with Crippen molar-refractivity contribution in [3.05, 3.63) is 23.8 Å². The first-order valence-corrected chi connectivity index (χ1v) is 12.2. The number of hydrogen-bond acceptors (Lipinski definition) is 1. The third kappa shape index (κ3) is 4.65. The molecule has 0 radical (unpaired) electrons. The SMILES string of the molecule is C/C1=C/C=C/CC(=O)CC[C@@H]2[C@@H]1CC[C@]1(C)[C@@H]([C@H](C)CCCC(C)C)CC[C@@H]21. The summed E-state index contributed by atoms with van der Waals surface area (Å²) in [5, 5.41) is 0. The summed E-state index contributed by atoms with van der Waals surface area (Å²) in [4.78, 5) is 12.3. The summed E-state index contributed by atoms with van der Waals surface area (Å²) < 4.78 is 0. The first-order chi connectivity index (χ1) is 13.3. The molecule has 28 heavy (non-hydrogen) atoms. The highest BCUT2D eigenvalue weighted by Crippen LogP contribution is 2.62. The van der Waals surface area contributed by atoms with Crippen molar-refractivity contribution in [1.29, 1.82) is 0 Å². The summed E-state index contributed by atoms with van der Waals surface area (Å²) in [6, 6.07) is 0. The highest BCUT2D eigenvalue weighted by atomic mass is 16.1. The van der Waals surface area contributed by atoms with Crippen molar-refractivity contribution in [2.24, 2.45) is 40.9 Å².